The van der Waals surface area contributed by atoms with Crippen LogP contribution >= 0.6 is 0 Å². The summed E-state index contributed by atoms with van der Waals surface area (Å²) in [6.07, 6.45) is 3.15. The first-order chi connectivity index (χ1) is 4.98. The largest absolute Gasteiger partial charge is 0.379 e. The minimum absolute atomic E-state index is 0.0736. The van der Waals surface area contributed by atoms with Gasteiger partial charge >= 0.3 is 0 Å². The van der Waals surface area contributed by atoms with Crippen LogP contribution in [0, 0.1) is 0 Å². The van der Waals surface area contributed by atoms with Crippen LogP contribution in [0.1, 0.15) is 47.0 Å². The van der Waals surface area contributed by atoms with Crippen molar-refractivity contribution in [1.29, 1.82) is 0 Å². The molecule has 1 atom stereocenters. The summed E-state index contributed by atoms with van der Waals surface area (Å²) in [5.41, 5.74) is 0.0736. The van der Waals surface area contributed by atoms with Gasteiger partial charge in [-0.25, -0.2) is 0 Å². The molecule has 0 amide bonds. The fourth-order valence-corrected chi connectivity index (χ4v) is 1.26. The quantitative estimate of drug-likeness (QED) is 0.600. The molecule has 0 aliphatic rings. The molecule has 0 fully saturated rings. The molecular formula is C9H21NO. The molecule has 0 saturated heterocycles. The Kier molecular flexibility index (Phi) is 4.69. The first-order valence-electron chi connectivity index (χ1n) is 4.43. The molecule has 11 heavy (non-hydrogen) atoms. The van der Waals surface area contributed by atoms with E-state index in [0.29, 0.717) is 0 Å². The molecule has 0 radical (unpaired) electrons. The van der Waals surface area contributed by atoms with Crippen molar-refractivity contribution >= 4 is 0 Å². The van der Waals surface area contributed by atoms with Crippen molar-refractivity contribution in [3.05, 3.63) is 0 Å². The van der Waals surface area contributed by atoms with Crippen molar-refractivity contribution in [2.45, 2.75) is 58.7 Å². The fraction of sp³-hybridized carbons (Fsp3) is 1.00. The van der Waals surface area contributed by atoms with Crippen molar-refractivity contribution in [1.82, 2.24) is 5.32 Å². The van der Waals surface area contributed by atoms with E-state index in [1.807, 2.05) is 0 Å². The normalized spacial score (nSPS) is 15.0. The third kappa shape index (κ3) is 6.32. The lowest BCUT2D eigenvalue weighted by Gasteiger charge is -2.27. The average Bonchev–Trinajstić information content (AvgIpc) is 1.81. The second-order valence-electron chi connectivity index (χ2n) is 3.81. The summed E-state index contributed by atoms with van der Waals surface area (Å²) in [4.78, 5) is 0. The predicted molar refractivity (Wildman–Crippen MR) is 48.4 cm³/mol. The summed E-state index contributed by atoms with van der Waals surface area (Å²) >= 11 is 0. The van der Waals surface area contributed by atoms with Gasteiger partial charge in [-0.05, 0) is 27.2 Å². The van der Waals surface area contributed by atoms with E-state index >= 15 is 0 Å². The van der Waals surface area contributed by atoms with Gasteiger partial charge in [-0.3, -0.25) is 5.32 Å². The summed E-state index contributed by atoms with van der Waals surface area (Å²) in [7, 11) is 0. The smallest absolute Gasteiger partial charge is 0.102 e. The zero-order valence-corrected chi connectivity index (χ0v) is 8.15. The highest BCUT2D eigenvalue weighted by atomic mass is 16.3. The molecule has 0 spiro atoms. The van der Waals surface area contributed by atoms with E-state index in [2.05, 4.69) is 26.1 Å². The average molecular weight is 159 g/mol. The highest BCUT2D eigenvalue weighted by molar-refractivity contribution is 4.76. The van der Waals surface area contributed by atoms with Crippen molar-refractivity contribution in [3.63, 3.8) is 0 Å². The Labute approximate surface area is 70.0 Å². The topological polar surface area (TPSA) is 32.3 Å². The standard InChI is InChI=1S/C9H21NO/c1-5-6-7-9(3,4)10-8(2)11/h8,10-11H,5-7H2,1-4H3. The van der Waals surface area contributed by atoms with E-state index in [-0.39, 0.29) is 5.54 Å². The van der Waals surface area contributed by atoms with Gasteiger partial charge < -0.3 is 5.11 Å². The van der Waals surface area contributed by atoms with E-state index < -0.39 is 6.23 Å². The van der Waals surface area contributed by atoms with Crippen LogP contribution in [-0.2, 0) is 0 Å². The molecule has 2 heteroatoms. The first kappa shape index (κ1) is 10.9. The number of nitrogens with one attached hydrogen (secondary N) is 1. The van der Waals surface area contributed by atoms with E-state index in [4.69, 9.17) is 5.11 Å². The van der Waals surface area contributed by atoms with Gasteiger partial charge in [0.2, 0.25) is 0 Å². The lowest BCUT2D eigenvalue weighted by Crippen LogP contribution is -2.44. The molecule has 0 heterocycles. The van der Waals surface area contributed by atoms with Crippen molar-refractivity contribution in [2.75, 3.05) is 0 Å². The van der Waals surface area contributed by atoms with Crippen LogP contribution in [0.25, 0.3) is 0 Å². The molecule has 1 unspecified atom stereocenters. The van der Waals surface area contributed by atoms with Crippen molar-refractivity contribution in [3.8, 4) is 0 Å². The van der Waals surface area contributed by atoms with Gasteiger partial charge in [-0.2, -0.15) is 0 Å². The van der Waals surface area contributed by atoms with E-state index in [1.54, 1.807) is 6.92 Å². The van der Waals surface area contributed by atoms with Crippen LogP contribution < -0.4 is 5.32 Å². The monoisotopic (exact) mass is 159 g/mol. The minimum Gasteiger partial charge on any atom is -0.379 e. The molecule has 2 N–H and O–H groups in total. The maximum absolute atomic E-state index is 9.08. The highest BCUT2D eigenvalue weighted by Crippen LogP contribution is 2.12. The summed E-state index contributed by atoms with van der Waals surface area (Å²) in [5, 5.41) is 12.2. The van der Waals surface area contributed by atoms with Crippen LogP contribution in [0.3, 0.4) is 0 Å². The third-order valence-corrected chi connectivity index (χ3v) is 1.75. The molecule has 2 nitrogen and oxygen atoms in total. The number of hydrogen-bond donors (Lipinski definition) is 2. The van der Waals surface area contributed by atoms with Gasteiger partial charge in [0, 0.05) is 5.54 Å². The number of unbranched alkanes of at least 4 members (excludes halogenated alkanes) is 1. The van der Waals surface area contributed by atoms with Crippen LogP contribution in [0.5, 0.6) is 0 Å². The molecule has 0 rings (SSSR count). The maximum atomic E-state index is 9.08. The molecule has 0 aromatic carbocycles. The van der Waals surface area contributed by atoms with E-state index in [1.165, 1.54) is 12.8 Å². The second-order valence-corrected chi connectivity index (χ2v) is 3.81. The Morgan fingerprint density at radius 1 is 1.45 bits per heavy atom. The minimum atomic E-state index is -0.401. The van der Waals surface area contributed by atoms with E-state index in [0.717, 1.165) is 6.42 Å². The lowest BCUT2D eigenvalue weighted by molar-refractivity contribution is 0.114. The number of hydrogen-bond acceptors (Lipinski definition) is 2. The van der Waals surface area contributed by atoms with Crippen molar-refractivity contribution < 1.29 is 5.11 Å². The van der Waals surface area contributed by atoms with Crippen LogP contribution in [-0.4, -0.2) is 16.9 Å². The Morgan fingerprint density at radius 3 is 2.36 bits per heavy atom. The van der Waals surface area contributed by atoms with Gasteiger partial charge in [0.15, 0.2) is 0 Å². The zero-order valence-electron chi connectivity index (χ0n) is 8.15. The highest BCUT2D eigenvalue weighted by Gasteiger charge is 2.17. The molecular weight excluding hydrogens is 138 g/mol. The molecule has 0 aliphatic heterocycles. The number of aliphatic hydroxyl groups is 1. The Morgan fingerprint density at radius 2 is 2.00 bits per heavy atom. The molecule has 68 valence electrons. The molecule has 0 aromatic rings. The summed E-state index contributed by atoms with van der Waals surface area (Å²) in [5.74, 6) is 0. The van der Waals surface area contributed by atoms with Gasteiger partial charge in [-0.15, -0.1) is 0 Å². The maximum Gasteiger partial charge on any atom is 0.102 e. The first-order valence-corrected chi connectivity index (χ1v) is 4.43. The summed E-state index contributed by atoms with van der Waals surface area (Å²) < 4.78 is 0. The summed E-state index contributed by atoms with van der Waals surface area (Å²) in [6.45, 7) is 8.18. The van der Waals surface area contributed by atoms with E-state index in [9.17, 15) is 0 Å². The molecule has 0 saturated carbocycles. The number of aliphatic hydroxyl groups excluding tert-OH is 1. The third-order valence-electron chi connectivity index (χ3n) is 1.75. The fourth-order valence-electron chi connectivity index (χ4n) is 1.26. The van der Waals surface area contributed by atoms with Crippen LogP contribution in [0.15, 0.2) is 0 Å². The van der Waals surface area contributed by atoms with Gasteiger partial charge in [0.05, 0.1) is 0 Å². The summed E-state index contributed by atoms with van der Waals surface area (Å²) in [6, 6.07) is 0. The predicted octanol–water partition coefficient (Wildman–Crippen LogP) is 1.88. The second kappa shape index (κ2) is 4.73. The van der Waals surface area contributed by atoms with Crippen LogP contribution in [0.4, 0.5) is 0 Å². The zero-order chi connectivity index (χ0) is 8.91. The molecule has 0 aromatic heterocycles. The number of rotatable bonds is 5. The molecule has 0 aliphatic carbocycles. The Hall–Kier alpha value is -0.0800. The van der Waals surface area contributed by atoms with Crippen LogP contribution in [0.2, 0.25) is 0 Å². The lowest BCUT2D eigenvalue weighted by atomic mass is 9.97. The Bertz CT molecular complexity index is 99.7. The van der Waals surface area contributed by atoms with Gasteiger partial charge in [-0.1, -0.05) is 19.8 Å². The van der Waals surface area contributed by atoms with Crippen molar-refractivity contribution in [2.24, 2.45) is 0 Å². The molecule has 0 bridgehead atoms. The Balaban J connectivity index is 3.61. The SMILES string of the molecule is CCCCC(C)(C)NC(C)O. The van der Waals surface area contributed by atoms with Gasteiger partial charge in [0.25, 0.3) is 0 Å². The van der Waals surface area contributed by atoms with Gasteiger partial charge in [0.1, 0.15) is 6.23 Å².